The number of hydrogen-bond donors (Lipinski definition) is 3. The second-order valence-corrected chi connectivity index (χ2v) is 6.21. The third-order valence-electron chi connectivity index (χ3n) is 4.06. The first kappa shape index (κ1) is 21.6. The predicted octanol–water partition coefficient (Wildman–Crippen LogP) is 1.94. The Hall–Kier alpha value is -3.68. The first-order chi connectivity index (χ1) is 13.9. The summed E-state index contributed by atoms with van der Waals surface area (Å²) in [4.78, 5) is 47.9. The highest BCUT2D eigenvalue weighted by atomic mass is 16.5. The Bertz CT molecular complexity index is 855. The first-order valence-electron chi connectivity index (χ1n) is 9.03. The first-order valence-corrected chi connectivity index (χ1v) is 9.03. The molecule has 29 heavy (non-hydrogen) atoms. The van der Waals surface area contributed by atoms with Gasteiger partial charge in [0.15, 0.2) is 6.10 Å². The molecule has 0 heterocycles. The normalized spacial score (nSPS) is 12.2. The van der Waals surface area contributed by atoms with E-state index in [4.69, 9.17) is 4.74 Å². The quantitative estimate of drug-likeness (QED) is 0.618. The highest BCUT2D eigenvalue weighted by molar-refractivity contribution is 5.97. The maximum absolute atomic E-state index is 12.5. The lowest BCUT2D eigenvalue weighted by atomic mass is 10.0. The van der Waals surface area contributed by atoms with Gasteiger partial charge in [-0.15, -0.1) is 0 Å². The maximum Gasteiger partial charge on any atom is 0.321 e. The monoisotopic (exact) mass is 397 g/mol. The van der Waals surface area contributed by atoms with E-state index >= 15 is 0 Å². The SMILES string of the molecule is CNC(=O)NC(=O)[C@H](C)OC(=O)C[C@H](NC(=O)c1ccccc1)c1ccccc1. The molecule has 0 unspecified atom stereocenters. The molecule has 0 aliphatic heterocycles. The lowest BCUT2D eigenvalue weighted by Gasteiger charge is -2.20. The van der Waals surface area contributed by atoms with E-state index in [1.807, 2.05) is 11.4 Å². The van der Waals surface area contributed by atoms with Gasteiger partial charge in [0.1, 0.15) is 0 Å². The molecule has 0 aliphatic carbocycles. The van der Waals surface area contributed by atoms with Crippen LogP contribution in [0.1, 0.15) is 35.3 Å². The molecule has 3 N–H and O–H groups in total. The van der Waals surface area contributed by atoms with Crippen molar-refractivity contribution in [3.05, 3.63) is 71.8 Å². The minimum absolute atomic E-state index is 0.180. The summed E-state index contributed by atoms with van der Waals surface area (Å²) >= 11 is 0. The molecule has 0 aliphatic rings. The van der Waals surface area contributed by atoms with Crippen LogP contribution in [0.3, 0.4) is 0 Å². The second kappa shape index (κ2) is 10.6. The van der Waals surface area contributed by atoms with Crippen LogP contribution in [-0.2, 0) is 14.3 Å². The fraction of sp³-hybridized carbons (Fsp3) is 0.238. The van der Waals surface area contributed by atoms with Crippen molar-refractivity contribution in [1.82, 2.24) is 16.0 Å². The van der Waals surface area contributed by atoms with Crippen molar-refractivity contribution in [2.75, 3.05) is 7.05 Å². The number of benzene rings is 2. The van der Waals surface area contributed by atoms with Crippen LogP contribution in [0.5, 0.6) is 0 Å². The smallest absolute Gasteiger partial charge is 0.321 e. The molecule has 4 amide bonds. The molecule has 0 saturated carbocycles. The predicted molar refractivity (Wildman–Crippen MR) is 106 cm³/mol. The number of ether oxygens (including phenoxy) is 1. The van der Waals surface area contributed by atoms with Crippen molar-refractivity contribution in [3.8, 4) is 0 Å². The summed E-state index contributed by atoms with van der Waals surface area (Å²) in [5.74, 6) is -1.77. The number of carbonyl (C=O) groups is 4. The summed E-state index contributed by atoms with van der Waals surface area (Å²) in [6.07, 6.45) is -1.35. The third-order valence-corrected chi connectivity index (χ3v) is 4.06. The van der Waals surface area contributed by atoms with Gasteiger partial charge < -0.3 is 15.4 Å². The summed E-state index contributed by atoms with van der Waals surface area (Å²) in [6, 6.07) is 16.2. The lowest BCUT2D eigenvalue weighted by molar-refractivity contribution is -0.154. The Labute approximate surface area is 168 Å². The topological polar surface area (TPSA) is 114 Å². The van der Waals surface area contributed by atoms with Crippen molar-refractivity contribution in [2.24, 2.45) is 0 Å². The van der Waals surface area contributed by atoms with Crippen LogP contribution in [0.2, 0.25) is 0 Å². The molecular formula is C21H23N3O5. The summed E-state index contributed by atoms with van der Waals surface area (Å²) in [5.41, 5.74) is 1.18. The van der Waals surface area contributed by atoms with Crippen molar-refractivity contribution in [3.63, 3.8) is 0 Å². The largest absolute Gasteiger partial charge is 0.452 e. The van der Waals surface area contributed by atoms with Gasteiger partial charge in [0.2, 0.25) is 0 Å². The number of hydrogen-bond acceptors (Lipinski definition) is 5. The molecule has 0 radical (unpaired) electrons. The molecule has 2 aromatic rings. The minimum atomic E-state index is -1.17. The van der Waals surface area contributed by atoms with Crippen LogP contribution in [0.4, 0.5) is 4.79 Å². The van der Waals surface area contributed by atoms with Gasteiger partial charge in [0.05, 0.1) is 12.5 Å². The maximum atomic E-state index is 12.5. The number of esters is 1. The van der Waals surface area contributed by atoms with Crippen molar-refractivity contribution >= 4 is 23.8 Å². The summed E-state index contributed by atoms with van der Waals surface area (Å²) in [6.45, 7) is 1.36. The lowest BCUT2D eigenvalue weighted by Crippen LogP contribution is -2.43. The van der Waals surface area contributed by atoms with Crippen LogP contribution in [0.15, 0.2) is 60.7 Å². The standard InChI is InChI=1S/C21H23N3O5/c1-14(19(26)24-21(28)22-2)29-18(25)13-17(15-9-5-3-6-10-15)23-20(27)16-11-7-4-8-12-16/h3-12,14,17H,13H2,1-2H3,(H,23,27)(H2,22,24,26,28)/t14-,17-/m0/s1. The second-order valence-electron chi connectivity index (χ2n) is 6.21. The molecule has 2 aromatic carbocycles. The highest BCUT2D eigenvalue weighted by Crippen LogP contribution is 2.18. The van der Waals surface area contributed by atoms with Gasteiger partial charge in [-0.2, -0.15) is 0 Å². The number of urea groups is 1. The fourth-order valence-corrected chi connectivity index (χ4v) is 2.51. The third kappa shape index (κ3) is 6.76. The highest BCUT2D eigenvalue weighted by Gasteiger charge is 2.24. The number of carbonyl (C=O) groups excluding carboxylic acids is 4. The van der Waals surface area contributed by atoms with Crippen LogP contribution in [0.25, 0.3) is 0 Å². The van der Waals surface area contributed by atoms with Crippen molar-refractivity contribution in [2.45, 2.75) is 25.5 Å². The summed E-state index contributed by atoms with van der Waals surface area (Å²) < 4.78 is 5.11. The van der Waals surface area contributed by atoms with Crippen LogP contribution >= 0.6 is 0 Å². The average Bonchev–Trinajstić information content (AvgIpc) is 2.74. The van der Waals surface area contributed by atoms with Gasteiger partial charge >= 0.3 is 12.0 Å². The van der Waals surface area contributed by atoms with Crippen molar-refractivity contribution < 1.29 is 23.9 Å². The zero-order valence-electron chi connectivity index (χ0n) is 16.2. The Balaban J connectivity index is 2.05. The van der Waals surface area contributed by atoms with Crippen molar-refractivity contribution in [1.29, 1.82) is 0 Å². The zero-order chi connectivity index (χ0) is 21.2. The molecule has 0 bridgehead atoms. The van der Waals surface area contributed by atoms with E-state index < -0.39 is 30.1 Å². The molecular weight excluding hydrogens is 374 g/mol. The van der Waals surface area contributed by atoms with Crippen LogP contribution in [-0.4, -0.2) is 37.0 Å². The van der Waals surface area contributed by atoms with Gasteiger partial charge in [0, 0.05) is 12.6 Å². The number of imide groups is 1. The number of amides is 4. The molecule has 0 spiro atoms. The van der Waals surface area contributed by atoms with Gasteiger partial charge in [0.25, 0.3) is 11.8 Å². The number of nitrogens with one attached hydrogen (secondary N) is 3. The van der Waals surface area contributed by atoms with E-state index in [9.17, 15) is 19.2 Å². The van der Waals surface area contributed by atoms with E-state index in [0.717, 1.165) is 5.56 Å². The Morgan fingerprint density at radius 1 is 0.931 bits per heavy atom. The minimum Gasteiger partial charge on any atom is -0.452 e. The van der Waals surface area contributed by atoms with Gasteiger partial charge in [-0.3, -0.25) is 19.7 Å². The molecule has 152 valence electrons. The fourth-order valence-electron chi connectivity index (χ4n) is 2.51. The van der Waals surface area contributed by atoms with E-state index in [-0.39, 0.29) is 12.3 Å². The summed E-state index contributed by atoms with van der Waals surface area (Å²) in [5, 5.41) is 7.09. The molecule has 0 fully saturated rings. The average molecular weight is 397 g/mol. The van der Waals surface area contributed by atoms with E-state index in [2.05, 4.69) is 10.6 Å². The Kier molecular flexibility index (Phi) is 7.90. The zero-order valence-corrected chi connectivity index (χ0v) is 16.2. The molecule has 2 rings (SSSR count). The van der Waals surface area contributed by atoms with Gasteiger partial charge in [-0.1, -0.05) is 48.5 Å². The van der Waals surface area contributed by atoms with Gasteiger partial charge in [-0.25, -0.2) is 4.79 Å². The van der Waals surface area contributed by atoms with Gasteiger partial charge in [-0.05, 0) is 24.6 Å². The Morgan fingerprint density at radius 2 is 1.52 bits per heavy atom. The van der Waals surface area contributed by atoms with Crippen LogP contribution in [0, 0.1) is 0 Å². The molecule has 2 atom stereocenters. The summed E-state index contributed by atoms with van der Waals surface area (Å²) in [7, 11) is 1.36. The van der Waals surface area contributed by atoms with E-state index in [0.29, 0.717) is 5.56 Å². The number of rotatable bonds is 7. The van der Waals surface area contributed by atoms with Crippen LogP contribution < -0.4 is 16.0 Å². The molecule has 0 saturated heterocycles. The molecule has 8 heteroatoms. The molecule has 0 aromatic heterocycles. The Morgan fingerprint density at radius 3 is 2.10 bits per heavy atom. The van der Waals surface area contributed by atoms with E-state index in [1.165, 1.54) is 14.0 Å². The molecule has 8 nitrogen and oxygen atoms in total. The van der Waals surface area contributed by atoms with E-state index in [1.54, 1.807) is 54.6 Å².